The summed E-state index contributed by atoms with van der Waals surface area (Å²) in [6, 6.07) is 3.98. The van der Waals surface area contributed by atoms with Crippen molar-refractivity contribution in [3.05, 3.63) is 34.6 Å². The SMILES string of the molecule is O=C(NCC1(C(=O)O)CCCCC1)c1c(F)cccc1Cl. The van der Waals surface area contributed by atoms with E-state index >= 15 is 0 Å². The highest BCUT2D eigenvalue weighted by atomic mass is 35.5. The number of nitrogens with one attached hydrogen (secondary N) is 1. The normalized spacial score (nSPS) is 17.2. The smallest absolute Gasteiger partial charge is 0.311 e. The summed E-state index contributed by atoms with van der Waals surface area (Å²) < 4.78 is 13.7. The van der Waals surface area contributed by atoms with E-state index in [1.165, 1.54) is 12.1 Å². The van der Waals surface area contributed by atoms with E-state index in [-0.39, 0.29) is 17.1 Å². The van der Waals surface area contributed by atoms with Gasteiger partial charge in [-0.15, -0.1) is 0 Å². The molecule has 0 radical (unpaired) electrons. The first-order chi connectivity index (χ1) is 9.96. The third-order valence-corrected chi connectivity index (χ3v) is 4.36. The van der Waals surface area contributed by atoms with Crippen molar-refractivity contribution in [1.29, 1.82) is 0 Å². The molecule has 0 bridgehead atoms. The third-order valence-electron chi connectivity index (χ3n) is 4.04. The molecule has 1 aliphatic rings. The molecule has 1 aromatic carbocycles. The minimum absolute atomic E-state index is 0.00811. The zero-order valence-electron chi connectivity index (χ0n) is 11.5. The zero-order valence-corrected chi connectivity index (χ0v) is 12.3. The fourth-order valence-corrected chi connectivity index (χ4v) is 3.00. The summed E-state index contributed by atoms with van der Waals surface area (Å²) in [5, 5.41) is 12.0. The molecule has 0 aromatic heterocycles. The summed E-state index contributed by atoms with van der Waals surface area (Å²) in [6.45, 7) is -0.00811. The molecule has 1 amide bonds. The molecule has 6 heteroatoms. The minimum atomic E-state index is -0.953. The monoisotopic (exact) mass is 313 g/mol. The van der Waals surface area contributed by atoms with E-state index in [4.69, 9.17) is 11.6 Å². The molecule has 1 saturated carbocycles. The number of hydrogen-bond acceptors (Lipinski definition) is 2. The Morgan fingerprint density at radius 1 is 1.29 bits per heavy atom. The molecule has 21 heavy (non-hydrogen) atoms. The van der Waals surface area contributed by atoms with Crippen molar-refractivity contribution in [2.45, 2.75) is 32.1 Å². The Morgan fingerprint density at radius 2 is 1.95 bits per heavy atom. The van der Waals surface area contributed by atoms with E-state index < -0.39 is 23.1 Å². The van der Waals surface area contributed by atoms with Gasteiger partial charge in [0.2, 0.25) is 0 Å². The maximum Gasteiger partial charge on any atom is 0.311 e. The first kappa shape index (κ1) is 15.8. The Balaban J connectivity index is 2.11. The van der Waals surface area contributed by atoms with Gasteiger partial charge in [-0.05, 0) is 25.0 Å². The number of hydrogen-bond donors (Lipinski definition) is 2. The van der Waals surface area contributed by atoms with Crippen LogP contribution in [0.25, 0.3) is 0 Å². The summed E-state index contributed by atoms with van der Waals surface area (Å²) >= 11 is 5.83. The lowest BCUT2D eigenvalue weighted by atomic mass is 9.74. The van der Waals surface area contributed by atoms with Crippen LogP contribution in [0.3, 0.4) is 0 Å². The van der Waals surface area contributed by atoms with Crippen molar-refractivity contribution >= 4 is 23.5 Å². The molecule has 0 saturated heterocycles. The van der Waals surface area contributed by atoms with E-state index in [0.29, 0.717) is 12.8 Å². The van der Waals surface area contributed by atoms with Gasteiger partial charge in [0.1, 0.15) is 5.82 Å². The van der Waals surface area contributed by atoms with Gasteiger partial charge >= 0.3 is 5.97 Å². The van der Waals surface area contributed by atoms with Crippen LogP contribution in [0, 0.1) is 11.2 Å². The summed E-state index contributed by atoms with van der Waals surface area (Å²) in [6.07, 6.45) is 3.69. The molecule has 1 aromatic rings. The Labute approximate surface area is 127 Å². The standard InChI is InChI=1S/C15H17ClFNO3/c16-10-5-4-6-11(17)12(10)13(19)18-9-15(14(20)21)7-2-1-3-8-15/h4-6H,1-3,7-9H2,(H,18,19)(H,20,21). The number of carbonyl (C=O) groups is 2. The topological polar surface area (TPSA) is 66.4 Å². The second-order valence-corrected chi connectivity index (χ2v) is 5.83. The lowest BCUT2D eigenvalue weighted by molar-refractivity contribution is -0.150. The van der Waals surface area contributed by atoms with E-state index in [1.54, 1.807) is 0 Å². The van der Waals surface area contributed by atoms with Crippen LogP contribution in [0.5, 0.6) is 0 Å². The van der Waals surface area contributed by atoms with Crippen molar-refractivity contribution < 1.29 is 19.1 Å². The molecule has 0 heterocycles. The van der Waals surface area contributed by atoms with Crippen LogP contribution in [0.1, 0.15) is 42.5 Å². The van der Waals surface area contributed by atoms with E-state index in [0.717, 1.165) is 25.3 Å². The van der Waals surface area contributed by atoms with Crippen LogP contribution < -0.4 is 5.32 Å². The van der Waals surface area contributed by atoms with Crippen molar-refractivity contribution in [2.24, 2.45) is 5.41 Å². The van der Waals surface area contributed by atoms with Gasteiger partial charge in [-0.25, -0.2) is 4.39 Å². The molecule has 0 spiro atoms. The minimum Gasteiger partial charge on any atom is -0.481 e. The second-order valence-electron chi connectivity index (χ2n) is 5.43. The Kier molecular flexibility index (Phi) is 4.83. The molecular formula is C15H17ClFNO3. The number of carbonyl (C=O) groups excluding carboxylic acids is 1. The quantitative estimate of drug-likeness (QED) is 0.896. The zero-order chi connectivity index (χ0) is 15.5. The summed E-state index contributed by atoms with van der Waals surface area (Å²) in [5.74, 6) is -2.31. The van der Waals surface area contributed by atoms with Crippen molar-refractivity contribution in [3.8, 4) is 0 Å². The first-order valence-electron chi connectivity index (χ1n) is 6.92. The fourth-order valence-electron chi connectivity index (χ4n) is 2.75. The first-order valence-corrected chi connectivity index (χ1v) is 7.30. The molecule has 1 aliphatic carbocycles. The average molecular weight is 314 g/mol. The number of halogens is 2. The van der Waals surface area contributed by atoms with E-state index in [9.17, 15) is 19.1 Å². The molecule has 114 valence electrons. The number of carboxylic acid groups (broad SMARTS) is 1. The molecule has 0 unspecified atom stereocenters. The van der Waals surface area contributed by atoms with Gasteiger partial charge in [-0.3, -0.25) is 9.59 Å². The molecule has 2 rings (SSSR count). The number of aliphatic carboxylic acids is 1. The number of rotatable bonds is 4. The van der Waals surface area contributed by atoms with Crippen molar-refractivity contribution in [3.63, 3.8) is 0 Å². The third kappa shape index (κ3) is 3.35. The number of benzene rings is 1. The molecule has 1 fully saturated rings. The van der Waals surface area contributed by atoms with Crippen LogP contribution in [0.4, 0.5) is 4.39 Å². The largest absolute Gasteiger partial charge is 0.481 e. The number of amides is 1. The molecule has 0 aliphatic heterocycles. The van der Waals surface area contributed by atoms with Gasteiger partial charge in [0, 0.05) is 6.54 Å². The molecule has 0 atom stereocenters. The van der Waals surface area contributed by atoms with Crippen LogP contribution in [0.15, 0.2) is 18.2 Å². The molecule has 4 nitrogen and oxygen atoms in total. The van der Waals surface area contributed by atoms with Crippen LogP contribution >= 0.6 is 11.6 Å². The highest BCUT2D eigenvalue weighted by Gasteiger charge is 2.40. The van der Waals surface area contributed by atoms with Crippen molar-refractivity contribution in [2.75, 3.05) is 6.54 Å². The van der Waals surface area contributed by atoms with Crippen LogP contribution in [0.2, 0.25) is 5.02 Å². The van der Waals surface area contributed by atoms with Gasteiger partial charge < -0.3 is 10.4 Å². The van der Waals surface area contributed by atoms with Gasteiger partial charge in [-0.2, -0.15) is 0 Å². The van der Waals surface area contributed by atoms with Gasteiger partial charge in [0.05, 0.1) is 16.0 Å². The molecular weight excluding hydrogens is 297 g/mol. The van der Waals surface area contributed by atoms with E-state index in [1.807, 2.05) is 0 Å². The maximum absolute atomic E-state index is 13.7. The maximum atomic E-state index is 13.7. The predicted octanol–water partition coefficient (Wildman–Crippen LogP) is 3.24. The van der Waals surface area contributed by atoms with Gasteiger partial charge in [0.15, 0.2) is 0 Å². The second kappa shape index (κ2) is 6.43. The fraction of sp³-hybridized carbons (Fsp3) is 0.467. The van der Waals surface area contributed by atoms with Gasteiger partial charge in [0.25, 0.3) is 5.91 Å². The highest BCUT2D eigenvalue weighted by molar-refractivity contribution is 6.33. The Hall–Kier alpha value is -1.62. The van der Waals surface area contributed by atoms with Crippen molar-refractivity contribution in [1.82, 2.24) is 5.32 Å². The summed E-state index contributed by atoms with van der Waals surface area (Å²) in [4.78, 5) is 23.6. The highest BCUT2D eigenvalue weighted by Crippen LogP contribution is 2.36. The summed E-state index contributed by atoms with van der Waals surface area (Å²) in [5.41, 5.74) is -1.19. The average Bonchev–Trinajstić information content (AvgIpc) is 2.46. The lowest BCUT2D eigenvalue weighted by Crippen LogP contribution is -2.44. The van der Waals surface area contributed by atoms with Crippen LogP contribution in [-0.4, -0.2) is 23.5 Å². The van der Waals surface area contributed by atoms with E-state index in [2.05, 4.69) is 5.32 Å². The Bertz CT molecular complexity index is 536. The molecule has 2 N–H and O–H groups in total. The number of carboxylic acids is 1. The predicted molar refractivity (Wildman–Crippen MR) is 76.9 cm³/mol. The van der Waals surface area contributed by atoms with Crippen LogP contribution in [-0.2, 0) is 4.79 Å². The lowest BCUT2D eigenvalue weighted by Gasteiger charge is -2.33. The Morgan fingerprint density at radius 3 is 2.52 bits per heavy atom. The van der Waals surface area contributed by atoms with Gasteiger partial charge in [-0.1, -0.05) is 36.9 Å². The summed E-state index contributed by atoms with van der Waals surface area (Å²) in [7, 11) is 0.